The van der Waals surface area contributed by atoms with Crippen molar-refractivity contribution in [2.45, 2.75) is 18.2 Å². The zero-order valence-corrected chi connectivity index (χ0v) is 17.9. The second kappa shape index (κ2) is 8.55. The van der Waals surface area contributed by atoms with Gasteiger partial charge in [0.05, 0.1) is 22.5 Å². The van der Waals surface area contributed by atoms with E-state index in [1.807, 2.05) is 0 Å². The number of carbonyl (C=O) groups excluding carboxylic acids is 1. The quantitative estimate of drug-likeness (QED) is 0.528. The number of thioether (sulfide) groups is 1. The average Bonchev–Trinajstić information content (AvgIpc) is 2.99. The van der Waals surface area contributed by atoms with E-state index in [0.717, 1.165) is 20.7 Å². The van der Waals surface area contributed by atoms with Gasteiger partial charge < -0.3 is 0 Å². The first kappa shape index (κ1) is 20.9. The number of rotatable bonds is 7. The number of hydrogen-bond donors (Lipinski definition) is 1. The molecule has 0 aliphatic rings. The summed E-state index contributed by atoms with van der Waals surface area (Å²) < 4.78 is 25.2. The van der Waals surface area contributed by atoms with Crippen molar-refractivity contribution in [3.63, 3.8) is 0 Å². The van der Waals surface area contributed by atoms with Crippen LogP contribution in [0.25, 0.3) is 0 Å². The predicted molar refractivity (Wildman–Crippen MR) is 108 cm³/mol. The van der Waals surface area contributed by atoms with Gasteiger partial charge in [0, 0.05) is 12.8 Å². The van der Waals surface area contributed by atoms with Crippen LogP contribution in [0.1, 0.15) is 24.2 Å². The van der Waals surface area contributed by atoms with E-state index in [9.17, 15) is 13.2 Å². The minimum atomic E-state index is -3.44. The number of aromatic nitrogens is 2. The number of nitrogens with one attached hydrogen (secondary N) is 1. The van der Waals surface area contributed by atoms with Gasteiger partial charge >= 0.3 is 0 Å². The molecule has 11 heteroatoms. The van der Waals surface area contributed by atoms with E-state index in [0.29, 0.717) is 16.7 Å². The van der Waals surface area contributed by atoms with Crippen LogP contribution >= 0.6 is 34.7 Å². The van der Waals surface area contributed by atoms with Crippen molar-refractivity contribution >= 4 is 61.4 Å². The summed E-state index contributed by atoms with van der Waals surface area (Å²) in [6, 6.07) is 4.44. The third-order valence-electron chi connectivity index (χ3n) is 3.22. The summed E-state index contributed by atoms with van der Waals surface area (Å²) in [5, 5.41) is 11.2. The Morgan fingerprint density at radius 3 is 2.69 bits per heavy atom. The molecular formula is C15H19ClN4O3S3. The van der Waals surface area contributed by atoms with Crippen molar-refractivity contribution in [1.29, 1.82) is 0 Å². The van der Waals surface area contributed by atoms with Gasteiger partial charge in [0.1, 0.15) is 0 Å². The fraction of sp³-hybridized carbons (Fsp3) is 0.400. The number of hydrogen-bond acceptors (Lipinski definition) is 7. The van der Waals surface area contributed by atoms with Crippen LogP contribution in [0.3, 0.4) is 0 Å². The second-order valence-corrected chi connectivity index (χ2v) is 10.6. The van der Waals surface area contributed by atoms with E-state index in [-0.39, 0.29) is 10.6 Å². The van der Waals surface area contributed by atoms with Crippen molar-refractivity contribution in [2.24, 2.45) is 5.92 Å². The van der Waals surface area contributed by atoms with Crippen LogP contribution in [0.4, 0.5) is 10.8 Å². The fourth-order valence-electron chi connectivity index (χ4n) is 1.80. The molecule has 7 nitrogen and oxygen atoms in total. The maximum absolute atomic E-state index is 12.5. The van der Waals surface area contributed by atoms with Crippen molar-refractivity contribution < 1.29 is 13.2 Å². The Balaban J connectivity index is 2.17. The van der Waals surface area contributed by atoms with E-state index in [1.54, 1.807) is 11.8 Å². The van der Waals surface area contributed by atoms with E-state index in [2.05, 4.69) is 29.4 Å². The number of nitrogens with zero attached hydrogens (tertiary/aromatic N) is 3. The van der Waals surface area contributed by atoms with E-state index < -0.39 is 15.9 Å². The summed E-state index contributed by atoms with van der Waals surface area (Å²) in [5.74, 6) is 0.958. The Kier molecular flexibility index (Phi) is 6.89. The maximum Gasteiger partial charge on any atom is 0.259 e. The van der Waals surface area contributed by atoms with Gasteiger partial charge in [-0.1, -0.05) is 48.5 Å². The molecule has 0 radical (unpaired) electrons. The van der Waals surface area contributed by atoms with Crippen LogP contribution in [0, 0.1) is 5.92 Å². The monoisotopic (exact) mass is 434 g/mol. The van der Waals surface area contributed by atoms with E-state index in [4.69, 9.17) is 11.6 Å². The Morgan fingerprint density at radius 2 is 2.08 bits per heavy atom. The van der Waals surface area contributed by atoms with Crippen LogP contribution in [0.5, 0.6) is 0 Å². The lowest BCUT2D eigenvalue weighted by molar-refractivity contribution is 0.102. The topological polar surface area (TPSA) is 92.3 Å². The number of amides is 1. The van der Waals surface area contributed by atoms with Crippen molar-refractivity contribution in [2.75, 3.05) is 28.7 Å². The number of halogens is 1. The third kappa shape index (κ3) is 5.57. The lowest BCUT2D eigenvalue weighted by atomic mass is 10.2. The lowest BCUT2D eigenvalue weighted by Crippen LogP contribution is -2.25. The van der Waals surface area contributed by atoms with Gasteiger partial charge in [-0.2, -0.15) is 0 Å². The molecule has 0 aliphatic carbocycles. The van der Waals surface area contributed by atoms with Crippen LogP contribution in [0.2, 0.25) is 5.02 Å². The molecule has 0 fully saturated rings. The highest BCUT2D eigenvalue weighted by Crippen LogP contribution is 2.29. The summed E-state index contributed by atoms with van der Waals surface area (Å²) in [4.78, 5) is 12.5. The molecule has 0 atom stereocenters. The Bertz CT molecular complexity index is 899. The third-order valence-corrected chi connectivity index (χ3v) is 7.16. The summed E-state index contributed by atoms with van der Waals surface area (Å²) in [5.41, 5.74) is 0.499. The molecule has 0 aliphatic heterocycles. The molecule has 2 rings (SSSR count). The Labute approximate surface area is 166 Å². The van der Waals surface area contributed by atoms with Gasteiger partial charge in [-0.25, -0.2) is 8.42 Å². The highest BCUT2D eigenvalue weighted by molar-refractivity contribution is 8.01. The number of sulfonamides is 1. The molecule has 142 valence electrons. The normalized spacial score (nSPS) is 11.6. The Morgan fingerprint density at radius 1 is 1.38 bits per heavy atom. The molecule has 1 heterocycles. The first-order valence-corrected chi connectivity index (χ1v) is 11.6. The fourth-order valence-corrected chi connectivity index (χ4v) is 4.22. The predicted octanol–water partition coefficient (Wildman–Crippen LogP) is 3.59. The molecule has 2 aromatic rings. The molecule has 0 unspecified atom stereocenters. The molecule has 0 spiro atoms. The zero-order chi connectivity index (χ0) is 19.5. The molecule has 0 saturated carbocycles. The molecular weight excluding hydrogens is 416 g/mol. The minimum absolute atomic E-state index is 0.159. The van der Waals surface area contributed by atoms with Crippen molar-refractivity contribution in [3.8, 4) is 0 Å². The number of carbonyl (C=O) groups is 1. The Hall–Kier alpha value is -1.36. The minimum Gasteiger partial charge on any atom is -0.296 e. The summed E-state index contributed by atoms with van der Waals surface area (Å²) in [7, 11) is -2.04. The summed E-state index contributed by atoms with van der Waals surface area (Å²) in [6.07, 6.45) is 1.08. The highest BCUT2D eigenvalue weighted by Gasteiger charge is 2.18. The van der Waals surface area contributed by atoms with Gasteiger partial charge in [-0.05, 0) is 24.1 Å². The van der Waals surface area contributed by atoms with Gasteiger partial charge in [0.15, 0.2) is 4.34 Å². The van der Waals surface area contributed by atoms with Gasteiger partial charge in [-0.3, -0.25) is 14.4 Å². The number of benzene rings is 1. The highest BCUT2D eigenvalue weighted by atomic mass is 35.5. The first-order chi connectivity index (χ1) is 12.1. The SMILES string of the molecule is CC(C)CSc1nnc(NC(=O)c2cc(N(C)S(C)(=O)=O)ccc2Cl)s1. The number of anilines is 2. The van der Waals surface area contributed by atoms with Crippen LogP contribution < -0.4 is 9.62 Å². The zero-order valence-electron chi connectivity index (χ0n) is 14.7. The second-order valence-electron chi connectivity index (χ2n) is 5.93. The summed E-state index contributed by atoms with van der Waals surface area (Å²) >= 11 is 8.96. The van der Waals surface area contributed by atoms with Crippen LogP contribution in [-0.4, -0.2) is 43.6 Å². The smallest absolute Gasteiger partial charge is 0.259 e. The van der Waals surface area contributed by atoms with Crippen LogP contribution in [0.15, 0.2) is 22.5 Å². The van der Waals surface area contributed by atoms with Gasteiger partial charge in [-0.15, -0.1) is 10.2 Å². The van der Waals surface area contributed by atoms with E-state index in [1.165, 1.54) is 36.6 Å². The maximum atomic E-state index is 12.5. The standard InChI is InChI=1S/C15H19ClN4O3S3/c1-9(2)8-24-15-19-18-14(25-15)17-13(21)11-7-10(5-6-12(11)16)20(3)26(4,22)23/h5-7,9H,8H2,1-4H3,(H,17,18,21). The molecule has 26 heavy (non-hydrogen) atoms. The van der Waals surface area contributed by atoms with Gasteiger partial charge in [0.2, 0.25) is 15.2 Å². The van der Waals surface area contributed by atoms with Crippen molar-refractivity contribution in [1.82, 2.24) is 10.2 Å². The molecule has 1 N–H and O–H groups in total. The molecule has 0 saturated heterocycles. The molecule has 1 aromatic heterocycles. The lowest BCUT2D eigenvalue weighted by Gasteiger charge is -2.17. The summed E-state index contributed by atoms with van der Waals surface area (Å²) in [6.45, 7) is 4.22. The molecule has 0 bridgehead atoms. The molecule has 1 aromatic carbocycles. The average molecular weight is 435 g/mol. The first-order valence-electron chi connectivity index (χ1n) is 7.59. The van der Waals surface area contributed by atoms with E-state index >= 15 is 0 Å². The molecule has 1 amide bonds. The van der Waals surface area contributed by atoms with Crippen LogP contribution in [-0.2, 0) is 10.0 Å². The largest absolute Gasteiger partial charge is 0.296 e. The van der Waals surface area contributed by atoms with Gasteiger partial charge in [0.25, 0.3) is 5.91 Å². The van der Waals surface area contributed by atoms with Crippen molar-refractivity contribution in [3.05, 3.63) is 28.8 Å².